The summed E-state index contributed by atoms with van der Waals surface area (Å²) >= 11 is 2.01. The molecule has 2 N–H and O–H groups in total. The second kappa shape index (κ2) is 7.33. The SMILES string of the molecule is CC1CSc2ccccc2C1NC1CCC(c2nc3ccccc3[nH]2)CC1. The minimum Gasteiger partial charge on any atom is -0.342 e. The van der Waals surface area contributed by atoms with Gasteiger partial charge in [0.05, 0.1) is 11.0 Å². The van der Waals surface area contributed by atoms with Crippen LogP contribution in [0.2, 0.25) is 0 Å². The van der Waals surface area contributed by atoms with Crippen LogP contribution in [0.25, 0.3) is 11.0 Å². The average Bonchev–Trinajstić information content (AvgIpc) is 3.15. The predicted octanol–water partition coefficient (Wildman–Crippen LogP) is 5.66. The fourth-order valence-electron chi connectivity index (χ4n) is 4.70. The van der Waals surface area contributed by atoms with Crippen molar-refractivity contribution in [3.63, 3.8) is 0 Å². The monoisotopic (exact) mass is 377 g/mol. The highest BCUT2D eigenvalue weighted by Crippen LogP contribution is 2.41. The van der Waals surface area contributed by atoms with E-state index in [0.29, 0.717) is 23.9 Å². The molecule has 27 heavy (non-hydrogen) atoms. The van der Waals surface area contributed by atoms with Crippen LogP contribution in [0.5, 0.6) is 0 Å². The van der Waals surface area contributed by atoms with Crippen molar-refractivity contribution in [3.8, 4) is 0 Å². The Hall–Kier alpha value is -1.78. The van der Waals surface area contributed by atoms with E-state index >= 15 is 0 Å². The van der Waals surface area contributed by atoms with E-state index < -0.39 is 0 Å². The van der Waals surface area contributed by atoms with Crippen LogP contribution in [0.4, 0.5) is 0 Å². The largest absolute Gasteiger partial charge is 0.342 e. The molecule has 0 bridgehead atoms. The van der Waals surface area contributed by atoms with Crippen LogP contribution in [0.15, 0.2) is 53.4 Å². The molecule has 1 fully saturated rings. The van der Waals surface area contributed by atoms with Gasteiger partial charge in [-0.1, -0.05) is 37.3 Å². The maximum Gasteiger partial charge on any atom is 0.110 e. The summed E-state index contributed by atoms with van der Waals surface area (Å²) in [6.07, 6.45) is 4.91. The van der Waals surface area contributed by atoms with Crippen LogP contribution < -0.4 is 5.32 Å². The number of hydrogen-bond donors (Lipinski definition) is 2. The summed E-state index contributed by atoms with van der Waals surface area (Å²) in [6, 6.07) is 18.4. The van der Waals surface area contributed by atoms with Gasteiger partial charge in [-0.25, -0.2) is 4.98 Å². The summed E-state index contributed by atoms with van der Waals surface area (Å²) in [5, 5.41) is 4.02. The van der Waals surface area contributed by atoms with Gasteiger partial charge in [-0.15, -0.1) is 11.8 Å². The number of nitrogens with zero attached hydrogens (tertiary/aromatic N) is 1. The van der Waals surface area contributed by atoms with E-state index in [1.807, 2.05) is 11.8 Å². The summed E-state index contributed by atoms with van der Waals surface area (Å²) in [5.41, 5.74) is 3.76. The van der Waals surface area contributed by atoms with E-state index in [-0.39, 0.29) is 0 Å². The number of thioether (sulfide) groups is 1. The fraction of sp³-hybridized carbons (Fsp3) is 0.435. The van der Waals surface area contributed by atoms with Gasteiger partial charge in [0.2, 0.25) is 0 Å². The maximum absolute atomic E-state index is 4.84. The van der Waals surface area contributed by atoms with Crippen molar-refractivity contribution in [1.82, 2.24) is 15.3 Å². The Morgan fingerprint density at radius 1 is 1.00 bits per heavy atom. The lowest BCUT2D eigenvalue weighted by Gasteiger charge is -2.37. The Kier molecular flexibility index (Phi) is 4.70. The number of rotatable bonds is 3. The van der Waals surface area contributed by atoms with Gasteiger partial charge in [-0.05, 0) is 55.4 Å². The number of imidazole rings is 1. The molecule has 0 radical (unpaired) electrons. The Bertz CT molecular complexity index is 893. The summed E-state index contributed by atoms with van der Waals surface area (Å²) in [4.78, 5) is 9.85. The molecule has 140 valence electrons. The minimum atomic E-state index is 0.496. The first-order valence-electron chi connectivity index (χ1n) is 10.2. The van der Waals surface area contributed by atoms with Crippen molar-refractivity contribution in [3.05, 3.63) is 59.9 Å². The van der Waals surface area contributed by atoms with Crippen LogP contribution in [0, 0.1) is 5.92 Å². The second-order valence-corrected chi connectivity index (χ2v) is 9.22. The zero-order valence-electron chi connectivity index (χ0n) is 15.8. The van der Waals surface area contributed by atoms with Gasteiger partial charge < -0.3 is 10.3 Å². The smallest absolute Gasteiger partial charge is 0.110 e. The number of nitrogens with one attached hydrogen (secondary N) is 2. The van der Waals surface area contributed by atoms with Crippen LogP contribution in [0.3, 0.4) is 0 Å². The van der Waals surface area contributed by atoms with Gasteiger partial charge in [0.15, 0.2) is 0 Å². The molecule has 2 aliphatic rings. The van der Waals surface area contributed by atoms with Gasteiger partial charge in [0, 0.05) is 28.6 Å². The fourth-order valence-corrected chi connectivity index (χ4v) is 5.87. The number of benzene rings is 2. The quantitative estimate of drug-likeness (QED) is 0.618. The van der Waals surface area contributed by atoms with Crippen molar-refractivity contribution < 1.29 is 0 Å². The first-order valence-corrected chi connectivity index (χ1v) is 11.2. The molecular formula is C23H27N3S. The van der Waals surface area contributed by atoms with Gasteiger partial charge in [-0.2, -0.15) is 0 Å². The van der Waals surface area contributed by atoms with Crippen molar-refractivity contribution >= 4 is 22.8 Å². The first-order chi connectivity index (χ1) is 13.3. The normalized spacial score (nSPS) is 28.2. The highest BCUT2D eigenvalue weighted by atomic mass is 32.2. The Labute approximate surface area is 165 Å². The van der Waals surface area contributed by atoms with E-state index in [2.05, 4.69) is 65.8 Å². The van der Waals surface area contributed by atoms with Crippen molar-refractivity contribution in [1.29, 1.82) is 0 Å². The number of fused-ring (bicyclic) bond motifs is 2. The molecule has 3 aromatic rings. The molecule has 1 saturated carbocycles. The third kappa shape index (κ3) is 3.41. The lowest BCUT2D eigenvalue weighted by molar-refractivity contribution is 0.280. The Balaban J connectivity index is 1.26. The average molecular weight is 378 g/mol. The van der Waals surface area contributed by atoms with Crippen LogP contribution >= 0.6 is 11.8 Å². The van der Waals surface area contributed by atoms with E-state index in [1.165, 1.54) is 47.7 Å². The highest BCUT2D eigenvalue weighted by Gasteiger charge is 2.31. The molecule has 5 rings (SSSR count). The number of aromatic amines is 1. The molecule has 1 aromatic heterocycles. The van der Waals surface area contributed by atoms with Gasteiger partial charge in [-0.3, -0.25) is 0 Å². The molecule has 2 aromatic carbocycles. The van der Waals surface area contributed by atoms with E-state index in [0.717, 1.165) is 11.0 Å². The molecular weight excluding hydrogens is 350 g/mol. The van der Waals surface area contributed by atoms with Gasteiger partial charge in [0.25, 0.3) is 0 Å². The summed E-state index contributed by atoms with van der Waals surface area (Å²) in [7, 11) is 0. The topological polar surface area (TPSA) is 40.7 Å². The lowest BCUT2D eigenvalue weighted by Crippen LogP contribution is -2.40. The summed E-state index contributed by atoms with van der Waals surface area (Å²) < 4.78 is 0. The van der Waals surface area contributed by atoms with Gasteiger partial charge in [0.1, 0.15) is 5.82 Å². The number of hydrogen-bond acceptors (Lipinski definition) is 3. The molecule has 0 spiro atoms. The Morgan fingerprint density at radius 2 is 1.78 bits per heavy atom. The third-order valence-electron chi connectivity index (χ3n) is 6.26. The van der Waals surface area contributed by atoms with Crippen LogP contribution in [-0.2, 0) is 0 Å². The molecule has 0 amide bonds. The zero-order valence-corrected chi connectivity index (χ0v) is 16.6. The number of para-hydroxylation sites is 2. The molecule has 2 atom stereocenters. The first kappa shape index (κ1) is 17.3. The molecule has 1 aliphatic heterocycles. The van der Waals surface area contributed by atoms with Crippen LogP contribution in [0.1, 0.15) is 56.0 Å². The molecule has 2 unspecified atom stereocenters. The number of aromatic nitrogens is 2. The lowest BCUT2D eigenvalue weighted by atomic mass is 9.84. The predicted molar refractivity (Wildman–Crippen MR) is 113 cm³/mol. The Morgan fingerprint density at radius 3 is 2.63 bits per heavy atom. The summed E-state index contributed by atoms with van der Waals surface area (Å²) in [6.45, 7) is 2.39. The third-order valence-corrected chi connectivity index (χ3v) is 7.64. The summed E-state index contributed by atoms with van der Waals surface area (Å²) in [5.74, 6) is 3.64. The van der Waals surface area contributed by atoms with E-state index in [9.17, 15) is 0 Å². The van der Waals surface area contributed by atoms with Crippen molar-refractivity contribution in [2.24, 2.45) is 5.92 Å². The van der Waals surface area contributed by atoms with E-state index in [1.54, 1.807) is 0 Å². The maximum atomic E-state index is 4.84. The van der Waals surface area contributed by atoms with E-state index in [4.69, 9.17) is 4.98 Å². The number of H-pyrrole nitrogens is 1. The zero-order chi connectivity index (χ0) is 18.2. The second-order valence-electron chi connectivity index (χ2n) is 8.16. The molecule has 0 saturated heterocycles. The molecule has 2 heterocycles. The van der Waals surface area contributed by atoms with Crippen molar-refractivity contribution in [2.75, 3.05) is 5.75 Å². The van der Waals surface area contributed by atoms with Crippen molar-refractivity contribution in [2.45, 2.75) is 55.5 Å². The van der Waals surface area contributed by atoms with Gasteiger partial charge >= 0.3 is 0 Å². The molecule has 4 heteroatoms. The highest BCUT2D eigenvalue weighted by molar-refractivity contribution is 7.99. The van der Waals surface area contributed by atoms with Crippen LogP contribution in [-0.4, -0.2) is 21.8 Å². The molecule has 3 nitrogen and oxygen atoms in total. The molecule has 1 aliphatic carbocycles. The standard InChI is InChI=1S/C23H27N3S/c1-15-14-27-21-9-5-2-6-18(21)22(15)24-17-12-10-16(11-13-17)23-25-19-7-3-4-8-20(19)26-23/h2-9,15-17,22,24H,10-14H2,1H3,(H,25,26). The minimum absolute atomic E-state index is 0.496.